The van der Waals surface area contributed by atoms with Crippen molar-refractivity contribution in [2.75, 3.05) is 5.43 Å². The van der Waals surface area contributed by atoms with Crippen molar-refractivity contribution >= 4 is 38.1 Å². The van der Waals surface area contributed by atoms with Crippen LogP contribution in [0, 0.1) is 6.92 Å². The highest BCUT2D eigenvalue weighted by Gasteiger charge is 2.05. The van der Waals surface area contributed by atoms with E-state index in [2.05, 4.69) is 31.4 Å². The maximum atomic E-state index is 5.53. The summed E-state index contributed by atoms with van der Waals surface area (Å²) in [7, 11) is 0. The fourth-order valence-electron chi connectivity index (χ4n) is 1.89. The zero-order chi connectivity index (χ0) is 15.5. The molecule has 2 aromatic heterocycles. The maximum absolute atomic E-state index is 5.53. The van der Waals surface area contributed by atoms with Crippen molar-refractivity contribution in [2.24, 2.45) is 5.10 Å². The molecule has 0 atom stereocenters. The predicted octanol–water partition coefficient (Wildman–Crippen LogP) is 5.31. The van der Waals surface area contributed by atoms with Gasteiger partial charge >= 0.3 is 0 Å². The molecule has 0 bridgehead atoms. The van der Waals surface area contributed by atoms with Gasteiger partial charge in [-0.15, -0.1) is 11.3 Å². The summed E-state index contributed by atoms with van der Waals surface area (Å²) in [5.41, 5.74) is 5.78. The van der Waals surface area contributed by atoms with E-state index in [0.29, 0.717) is 0 Å². The molecule has 0 aliphatic rings. The van der Waals surface area contributed by atoms with Gasteiger partial charge in [0.25, 0.3) is 0 Å². The number of benzene rings is 1. The van der Waals surface area contributed by atoms with E-state index in [1.807, 2.05) is 55.6 Å². The molecule has 112 valence electrons. The van der Waals surface area contributed by atoms with Crippen LogP contribution in [0.5, 0.6) is 0 Å². The molecule has 0 unspecified atom stereocenters. The molecule has 0 aliphatic heterocycles. The summed E-state index contributed by atoms with van der Waals surface area (Å²) in [5, 5.41) is 7.07. The molecule has 0 spiro atoms. The lowest BCUT2D eigenvalue weighted by Crippen LogP contribution is -1.97. The predicted molar refractivity (Wildman–Crippen MR) is 94.5 cm³/mol. The van der Waals surface area contributed by atoms with Crippen LogP contribution in [0.4, 0.5) is 5.13 Å². The van der Waals surface area contributed by atoms with Gasteiger partial charge in [-0.1, -0.05) is 28.1 Å². The molecule has 3 rings (SSSR count). The standard InChI is InChI=1S/C16H14BrN3OS/c1-10-3-8-15(21-10)11(2)19-20-16-18-14(9-22-16)12-4-6-13(17)7-5-12/h3-9H,1-2H3,(H,18,20)/b19-11+. The number of furan rings is 1. The monoisotopic (exact) mass is 375 g/mol. The minimum Gasteiger partial charge on any atom is -0.460 e. The zero-order valence-electron chi connectivity index (χ0n) is 12.1. The first-order valence-electron chi connectivity index (χ1n) is 6.70. The Labute approximate surface area is 141 Å². The number of anilines is 1. The van der Waals surface area contributed by atoms with Crippen LogP contribution < -0.4 is 5.43 Å². The van der Waals surface area contributed by atoms with Crippen molar-refractivity contribution in [1.82, 2.24) is 4.98 Å². The largest absolute Gasteiger partial charge is 0.460 e. The van der Waals surface area contributed by atoms with Crippen molar-refractivity contribution in [3.63, 3.8) is 0 Å². The van der Waals surface area contributed by atoms with E-state index < -0.39 is 0 Å². The third-order valence-corrected chi connectivity index (χ3v) is 4.34. The summed E-state index contributed by atoms with van der Waals surface area (Å²) in [5.74, 6) is 1.63. The average Bonchev–Trinajstić information content (AvgIpc) is 3.15. The number of aryl methyl sites for hydroxylation is 1. The normalized spacial score (nSPS) is 11.7. The summed E-state index contributed by atoms with van der Waals surface area (Å²) in [6.07, 6.45) is 0. The van der Waals surface area contributed by atoms with Crippen LogP contribution in [0.15, 0.2) is 55.8 Å². The molecule has 2 heterocycles. The van der Waals surface area contributed by atoms with Crippen LogP contribution in [0.2, 0.25) is 0 Å². The summed E-state index contributed by atoms with van der Waals surface area (Å²) < 4.78 is 6.58. The smallest absolute Gasteiger partial charge is 0.203 e. The second kappa shape index (κ2) is 6.46. The molecule has 6 heteroatoms. The van der Waals surface area contributed by atoms with E-state index in [0.717, 1.165) is 38.1 Å². The number of nitrogens with one attached hydrogen (secondary N) is 1. The highest BCUT2D eigenvalue weighted by atomic mass is 79.9. The summed E-state index contributed by atoms with van der Waals surface area (Å²) >= 11 is 4.95. The number of aromatic nitrogens is 1. The van der Waals surface area contributed by atoms with Crippen LogP contribution in [-0.4, -0.2) is 10.7 Å². The molecule has 0 aliphatic carbocycles. The van der Waals surface area contributed by atoms with Gasteiger partial charge in [0.1, 0.15) is 17.2 Å². The van der Waals surface area contributed by atoms with Gasteiger partial charge in [-0.2, -0.15) is 5.10 Å². The van der Waals surface area contributed by atoms with E-state index in [1.165, 1.54) is 11.3 Å². The van der Waals surface area contributed by atoms with Crippen molar-refractivity contribution < 1.29 is 4.42 Å². The molecule has 0 saturated carbocycles. The molecular weight excluding hydrogens is 362 g/mol. The number of hydrazone groups is 1. The Kier molecular flexibility index (Phi) is 4.40. The van der Waals surface area contributed by atoms with Crippen LogP contribution in [0.3, 0.4) is 0 Å². The summed E-state index contributed by atoms with van der Waals surface area (Å²) in [4.78, 5) is 4.54. The molecule has 0 fully saturated rings. The minimum atomic E-state index is 0.751. The molecule has 3 aromatic rings. The van der Waals surface area contributed by atoms with Gasteiger partial charge in [-0.3, -0.25) is 5.43 Å². The Morgan fingerprint density at radius 2 is 2.00 bits per heavy atom. The Hall–Kier alpha value is -1.92. The Morgan fingerprint density at radius 3 is 2.68 bits per heavy atom. The number of hydrogen-bond acceptors (Lipinski definition) is 5. The SMILES string of the molecule is C/C(=N\Nc1nc(-c2ccc(Br)cc2)cs1)c1ccc(C)o1. The maximum Gasteiger partial charge on any atom is 0.203 e. The zero-order valence-corrected chi connectivity index (χ0v) is 14.5. The summed E-state index contributed by atoms with van der Waals surface area (Å²) in [6, 6.07) is 11.9. The Morgan fingerprint density at radius 1 is 1.23 bits per heavy atom. The van der Waals surface area contributed by atoms with Crippen LogP contribution in [0.25, 0.3) is 11.3 Å². The van der Waals surface area contributed by atoms with Crippen LogP contribution in [0.1, 0.15) is 18.4 Å². The number of hydrogen-bond donors (Lipinski definition) is 1. The van der Waals surface area contributed by atoms with E-state index in [9.17, 15) is 0 Å². The second-order valence-electron chi connectivity index (χ2n) is 4.76. The first kappa shape index (κ1) is 15.0. The lowest BCUT2D eigenvalue weighted by Gasteiger charge is -1.98. The van der Waals surface area contributed by atoms with Crippen molar-refractivity contribution in [3.8, 4) is 11.3 Å². The van der Waals surface area contributed by atoms with Crippen molar-refractivity contribution in [1.29, 1.82) is 0 Å². The molecule has 1 N–H and O–H groups in total. The lowest BCUT2D eigenvalue weighted by atomic mass is 10.2. The van der Waals surface area contributed by atoms with Gasteiger partial charge in [0.2, 0.25) is 5.13 Å². The molecular formula is C16H14BrN3OS. The number of rotatable bonds is 4. The van der Waals surface area contributed by atoms with Gasteiger partial charge in [0.05, 0.1) is 5.69 Å². The second-order valence-corrected chi connectivity index (χ2v) is 6.54. The fourth-order valence-corrected chi connectivity index (χ4v) is 2.82. The molecule has 22 heavy (non-hydrogen) atoms. The first-order valence-corrected chi connectivity index (χ1v) is 8.37. The van der Waals surface area contributed by atoms with E-state index in [-0.39, 0.29) is 0 Å². The van der Waals surface area contributed by atoms with Gasteiger partial charge in [-0.25, -0.2) is 4.98 Å². The van der Waals surface area contributed by atoms with Gasteiger partial charge in [0, 0.05) is 15.4 Å². The third kappa shape index (κ3) is 3.45. The van der Waals surface area contributed by atoms with Gasteiger partial charge < -0.3 is 4.42 Å². The number of thiazole rings is 1. The van der Waals surface area contributed by atoms with Gasteiger partial charge in [0.15, 0.2) is 0 Å². The molecule has 0 saturated heterocycles. The summed E-state index contributed by atoms with van der Waals surface area (Å²) in [6.45, 7) is 3.81. The average molecular weight is 376 g/mol. The van der Waals surface area contributed by atoms with Gasteiger partial charge in [-0.05, 0) is 38.1 Å². The topological polar surface area (TPSA) is 50.4 Å². The molecule has 1 aromatic carbocycles. The van der Waals surface area contributed by atoms with E-state index in [1.54, 1.807) is 0 Å². The van der Waals surface area contributed by atoms with Crippen LogP contribution in [-0.2, 0) is 0 Å². The minimum absolute atomic E-state index is 0.751. The number of halogens is 1. The quantitative estimate of drug-likeness (QED) is 0.496. The highest BCUT2D eigenvalue weighted by molar-refractivity contribution is 9.10. The molecule has 0 amide bonds. The first-order chi connectivity index (χ1) is 10.6. The highest BCUT2D eigenvalue weighted by Crippen LogP contribution is 2.26. The van der Waals surface area contributed by atoms with Crippen molar-refractivity contribution in [2.45, 2.75) is 13.8 Å². The van der Waals surface area contributed by atoms with Crippen LogP contribution >= 0.6 is 27.3 Å². The Balaban J connectivity index is 1.73. The fraction of sp³-hybridized carbons (Fsp3) is 0.125. The molecule has 0 radical (unpaired) electrons. The third-order valence-electron chi connectivity index (χ3n) is 3.06. The van der Waals surface area contributed by atoms with Crippen molar-refractivity contribution in [3.05, 3.63) is 57.8 Å². The molecule has 4 nitrogen and oxygen atoms in total. The Bertz CT molecular complexity index is 805. The van der Waals surface area contributed by atoms with E-state index in [4.69, 9.17) is 4.42 Å². The van der Waals surface area contributed by atoms with E-state index >= 15 is 0 Å². The lowest BCUT2D eigenvalue weighted by molar-refractivity contribution is 0.525. The number of nitrogens with zero attached hydrogens (tertiary/aromatic N) is 2.